The maximum Gasteiger partial charge on any atom is 0.165 e. The molecular formula is C22H17ClN6. The van der Waals surface area contributed by atoms with Gasteiger partial charge in [0.25, 0.3) is 0 Å². The van der Waals surface area contributed by atoms with Crippen molar-refractivity contribution in [2.75, 3.05) is 0 Å². The molecule has 0 saturated carbocycles. The lowest BCUT2D eigenvalue weighted by molar-refractivity contribution is 0.729. The van der Waals surface area contributed by atoms with Gasteiger partial charge in [-0.3, -0.25) is 0 Å². The third-order valence-corrected chi connectivity index (χ3v) is 5.10. The van der Waals surface area contributed by atoms with Gasteiger partial charge in [0.2, 0.25) is 0 Å². The van der Waals surface area contributed by atoms with E-state index in [2.05, 4.69) is 64.3 Å². The molecule has 0 aliphatic rings. The third kappa shape index (κ3) is 3.28. The highest BCUT2D eigenvalue weighted by Gasteiger charge is 2.15. The van der Waals surface area contributed by atoms with Crippen LogP contribution in [0.3, 0.4) is 0 Å². The first-order chi connectivity index (χ1) is 14.2. The first kappa shape index (κ1) is 17.6. The van der Waals surface area contributed by atoms with Gasteiger partial charge in [0.05, 0.1) is 29.9 Å². The number of hydrogen-bond donors (Lipinski definition) is 0. The molecule has 0 spiro atoms. The van der Waals surface area contributed by atoms with Crippen LogP contribution in [-0.4, -0.2) is 29.3 Å². The van der Waals surface area contributed by atoms with Crippen molar-refractivity contribution in [3.63, 3.8) is 0 Å². The number of aromatic nitrogens is 6. The molecule has 7 heteroatoms. The van der Waals surface area contributed by atoms with Gasteiger partial charge in [-0.2, -0.15) is 5.10 Å². The van der Waals surface area contributed by atoms with Gasteiger partial charge in [0.1, 0.15) is 11.8 Å². The number of aryl methyl sites for hydroxylation is 1. The molecule has 0 N–H and O–H groups in total. The molecule has 0 amide bonds. The number of fused-ring (bicyclic) bond motifs is 1. The van der Waals surface area contributed by atoms with E-state index < -0.39 is 0 Å². The molecule has 0 unspecified atom stereocenters. The summed E-state index contributed by atoms with van der Waals surface area (Å²) < 4.78 is 3.93. The van der Waals surface area contributed by atoms with Crippen molar-refractivity contribution in [2.45, 2.75) is 13.5 Å². The maximum absolute atomic E-state index is 6.15. The quantitative estimate of drug-likeness (QED) is 0.410. The van der Waals surface area contributed by atoms with Crippen LogP contribution in [0.4, 0.5) is 0 Å². The van der Waals surface area contributed by atoms with Gasteiger partial charge >= 0.3 is 0 Å². The summed E-state index contributed by atoms with van der Waals surface area (Å²) in [4.78, 5) is 12.7. The van der Waals surface area contributed by atoms with Gasteiger partial charge in [-0.25, -0.2) is 19.6 Å². The molecule has 0 fully saturated rings. The van der Waals surface area contributed by atoms with Crippen LogP contribution in [0.25, 0.3) is 28.1 Å². The van der Waals surface area contributed by atoms with Crippen LogP contribution in [-0.2, 0) is 6.54 Å². The van der Waals surface area contributed by atoms with Crippen LogP contribution in [0, 0.1) is 6.92 Å². The topological polar surface area (TPSA) is 61.4 Å². The molecule has 2 aromatic carbocycles. The zero-order valence-electron chi connectivity index (χ0n) is 15.7. The lowest BCUT2D eigenvalue weighted by Gasteiger charge is -2.09. The molecular weight excluding hydrogens is 384 g/mol. The fourth-order valence-electron chi connectivity index (χ4n) is 3.33. The summed E-state index contributed by atoms with van der Waals surface area (Å²) in [5.74, 6) is 0. The Morgan fingerprint density at radius 3 is 2.52 bits per heavy atom. The smallest absolute Gasteiger partial charge is 0.165 e. The summed E-state index contributed by atoms with van der Waals surface area (Å²) in [6, 6.07) is 20.6. The van der Waals surface area contributed by atoms with Gasteiger partial charge in [0.15, 0.2) is 10.8 Å². The van der Waals surface area contributed by atoms with E-state index >= 15 is 0 Å². The number of benzene rings is 2. The van der Waals surface area contributed by atoms with Crippen molar-refractivity contribution in [3.05, 3.63) is 89.7 Å². The Balaban J connectivity index is 1.63. The van der Waals surface area contributed by atoms with E-state index in [4.69, 9.17) is 16.7 Å². The van der Waals surface area contributed by atoms with E-state index in [-0.39, 0.29) is 0 Å². The summed E-state index contributed by atoms with van der Waals surface area (Å²) in [7, 11) is 0. The molecule has 29 heavy (non-hydrogen) atoms. The first-order valence-corrected chi connectivity index (χ1v) is 9.59. The van der Waals surface area contributed by atoms with Crippen molar-refractivity contribution >= 4 is 22.8 Å². The molecule has 0 aliphatic heterocycles. The SMILES string of the molecule is Cc1ccc(-n2nc(-c3ccccc3)cc2Cn2cnc3c(Cl)ncnc32)cc1. The summed E-state index contributed by atoms with van der Waals surface area (Å²) >= 11 is 6.15. The molecule has 3 aromatic heterocycles. The number of imidazole rings is 1. The average Bonchev–Trinajstić information content (AvgIpc) is 3.35. The second kappa shape index (κ2) is 7.14. The second-order valence-electron chi connectivity index (χ2n) is 6.84. The lowest BCUT2D eigenvalue weighted by atomic mass is 10.1. The van der Waals surface area contributed by atoms with Crippen LogP contribution >= 0.6 is 11.6 Å². The van der Waals surface area contributed by atoms with Gasteiger partial charge in [-0.1, -0.05) is 59.6 Å². The minimum absolute atomic E-state index is 0.353. The zero-order valence-corrected chi connectivity index (χ0v) is 16.5. The van der Waals surface area contributed by atoms with E-state index in [1.807, 2.05) is 27.4 Å². The molecule has 5 aromatic rings. The van der Waals surface area contributed by atoms with E-state index in [9.17, 15) is 0 Å². The summed E-state index contributed by atoms with van der Waals surface area (Å²) in [5, 5.41) is 5.24. The molecule has 0 aliphatic carbocycles. The number of rotatable bonds is 4. The Labute approximate surface area is 172 Å². The molecule has 142 valence electrons. The predicted molar refractivity (Wildman–Crippen MR) is 113 cm³/mol. The Hall–Kier alpha value is -3.51. The van der Waals surface area contributed by atoms with E-state index in [1.54, 1.807) is 6.33 Å². The third-order valence-electron chi connectivity index (χ3n) is 4.82. The first-order valence-electron chi connectivity index (χ1n) is 9.22. The largest absolute Gasteiger partial charge is 0.309 e. The molecule has 0 atom stereocenters. The summed E-state index contributed by atoms with van der Waals surface area (Å²) in [5.41, 5.74) is 6.50. The minimum atomic E-state index is 0.353. The van der Waals surface area contributed by atoms with Gasteiger partial charge in [0, 0.05) is 5.56 Å². The van der Waals surface area contributed by atoms with Crippen LogP contribution in [0.15, 0.2) is 73.3 Å². The van der Waals surface area contributed by atoms with Gasteiger partial charge in [-0.15, -0.1) is 0 Å². The number of nitrogens with zero attached hydrogens (tertiary/aromatic N) is 6. The van der Waals surface area contributed by atoms with Crippen molar-refractivity contribution < 1.29 is 0 Å². The molecule has 0 saturated heterocycles. The van der Waals surface area contributed by atoms with Crippen LogP contribution in [0.2, 0.25) is 5.15 Å². The molecule has 0 radical (unpaired) electrons. The highest BCUT2D eigenvalue weighted by Crippen LogP contribution is 2.24. The Morgan fingerprint density at radius 2 is 1.72 bits per heavy atom. The second-order valence-corrected chi connectivity index (χ2v) is 7.20. The monoisotopic (exact) mass is 400 g/mol. The van der Waals surface area contributed by atoms with Crippen LogP contribution in [0.5, 0.6) is 0 Å². The fraction of sp³-hybridized carbons (Fsp3) is 0.0909. The van der Waals surface area contributed by atoms with Crippen molar-refractivity contribution in [3.8, 4) is 16.9 Å². The number of halogens is 1. The summed E-state index contributed by atoms with van der Waals surface area (Å²) in [6.07, 6.45) is 3.19. The molecule has 6 nitrogen and oxygen atoms in total. The van der Waals surface area contributed by atoms with Crippen LogP contribution < -0.4 is 0 Å². The van der Waals surface area contributed by atoms with E-state index in [0.29, 0.717) is 22.9 Å². The zero-order chi connectivity index (χ0) is 19.8. The van der Waals surface area contributed by atoms with Gasteiger partial charge < -0.3 is 4.57 Å². The van der Waals surface area contributed by atoms with E-state index in [0.717, 1.165) is 22.6 Å². The minimum Gasteiger partial charge on any atom is -0.309 e. The number of hydrogen-bond acceptors (Lipinski definition) is 4. The Kier molecular flexibility index (Phi) is 4.33. The van der Waals surface area contributed by atoms with Gasteiger partial charge in [-0.05, 0) is 25.1 Å². The Morgan fingerprint density at radius 1 is 0.931 bits per heavy atom. The average molecular weight is 401 g/mol. The molecule has 3 heterocycles. The van der Waals surface area contributed by atoms with Crippen molar-refractivity contribution in [1.29, 1.82) is 0 Å². The molecule has 5 rings (SSSR count). The van der Waals surface area contributed by atoms with Crippen molar-refractivity contribution in [2.24, 2.45) is 0 Å². The lowest BCUT2D eigenvalue weighted by Crippen LogP contribution is -2.07. The van der Waals surface area contributed by atoms with E-state index in [1.165, 1.54) is 11.9 Å². The highest BCUT2D eigenvalue weighted by molar-refractivity contribution is 6.33. The fourth-order valence-corrected chi connectivity index (χ4v) is 3.51. The standard InChI is InChI=1S/C22H17ClN6/c1-15-7-9-17(10-8-15)29-18(11-19(27-29)16-5-3-2-4-6-16)12-28-14-26-20-21(23)24-13-25-22(20)28/h2-11,13-14H,12H2,1H3. The molecule has 0 bridgehead atoms. The summed E-state index contributed by atoms with van der Waals surface area (Å²) in [6.45, 7) is 2.63. The highest BCUT2D eigenvalue weighted by atomic mass is 35.5. The normalized spacial score (nSPS) is 11.2. The van der Waals surface area contributed by atoms with Crippen molar-refractivity contribution in [1.82, 2.24) is 29.3 Å². The van der Waals surface area contributed by atoms with Crippen LogP contribution in [0.1, 0.15) is 11.3 Å². The Bertz CT molecular complexity index is 1290. The maximum atomic E-state index is 6.15. The predicted octanol–water partition coefficient (Wildman–Crippen LogP) is 4.69.